The Balaban J connectivity index is 2.17. The molecule has 0 spiro atoms. The molecule has 1 saturated heterocycles. The summed E-state index contributed by atoms with van der Waals surface area (Å²) >= 11 is 0. The molecular weight excluding hydrogens is 246 g/mol. The van der Waals surface area contributed by atoms with Crippen LogP contribution in [0.4, 0.5) is 0 Å². The maximum Gasteiger partial charge on any atom is 0.0339 e. The molecule has 3 nitrogen and oxygen atoms in total. The zero-order valence-corrected chi connectivity index (χ0v) is 13.6. The second-order valence-electron chi connectivity index (χ2n) is 7.05. The lowest BCUT2D eigenvalue weighted by Crippen LogP contribution is -2.60. The molecule has 0 saturated carbocycles. The van der Waals surface area contributed by atoms with E-state index in [-0.39, 0.29) is 0 Å². The molecule has 1 N–H and O–H groups in total. The minimum absolute atomic E-state index is 0.297. The normalized spacial score (nSPS) is 26.4. The summed E-state index contributed by atoms with van der Waals surface area (Å²) in [5, 5.41) is 3.74. The van der Waals surface area contributed by atoms with E-state index >= 15 is 0 Å². The maximum absolute atomic E-state index is 4.28. The van der Waals surface area contributed by atoms with Crippen LogP contribution in [0, 0.1) is 5.41 Å². The molecule has 1 aromatic rings. The Morgan fingerprint density at radius 2 is 2.20 bits per heavy atom. The fourth-order valence-corrected chi connectivity index (χ4v) is 3.07. The van der Waals surface area contributed by atoms with Crippen molar-refractivity contribution in [1.29, 1.82) is 0 Å². The van der Waals surface area contributed by atoms with Crippen molar-refractivity contribution in [2.24, 2.45) is 5.41 Å². The third-order valence-electron chi connectivity index (χ3n) is 4.64. The number of nitrogens with zero attached hydrogens (tertiary/aromatic N) is 2. The van der Waals surface area contributed by atoms with E-state index in [4.69, 9.17) is 0 Å². The molecule has 2 heterocycles. The highest BCUT2D eigenvalue weighted by Gasteiger charge is 2.35. The van der Waals surface area contributed by atoms with Gasteiger partial charge in [-0.3, -0.25) is 9.88 Å². The number of aromatic nitrogens is 1. The molecule has 0 aliphatic carbocycles. The molecule has 0 amide bonds. The van der Waals surface area contributed by atoms with Crippen LogP contribution in [0.15, 0.2) is 24.5 Å². The van der Waals surface area contributed by atoms with E-state index in [0.717, 1.165) is 13.1 Å². The number of nitrogens with one attached hydrogen (secondary N) is 1. The summed E-state index contributed by atoms with van der Waals surface area (Å²) in [4.78, 5) is 6.93. The Bertz CT molecular complexity index is 410. The molecule has 1 aromatic heterocycles. The van der Waals surface area contributed by atoms with E-state index in [1.165, 1.54) is 12.0 Å². The molecule has 2 rings (SSSR count). The minimum atomic E-state index is 0.297. The van der Waals surface area contributed by atoms with Gasteiger partial charge in [-0.2, -0.15) is 0 Å². The smallest absolute Gasteiger partial charge is 0.0339 e. The first-order valence-electron chi connectivity index (χ1n) is 7.82. The average Bonchev–Trinajstić information content (AvgIpc) is 2.45. The lowest BCUT2D eigenvalue weighted by Gasteiger charge is -2.47. The van der Waals surface area contributed by atoms with Crippen LogP contribution in [-0.2, 0) is 0 Å². The largest absolute Gasteiger partial charge is 0.311 e. The van der Waals surface area contributed by atoms with Crippen LogP contribution < -0.4 is 5.32 Å². The van der Waals surface area contributed by atoms with Crippen molar-refractivity contribution in [3.63, 3.8) is 0 Å². The van der Waals surface area contributed by atoms with Crippen LogP contribution in [0.3, 0.4) is 0 Å². The van der Waals surface area contributed by atoms with Crippen LogP contribution in [0.2, 0.25) is 0 Å². The summed E-state index contributed by atoms with van der Waals surface area (Å²) in [6.07, 6.45) is 5.04. The van der Waals surface area contributed by atoms with Gasteiger partial charge in [-0.1, -0.05) is 33.8 Å². The van der Waals surface area contributed by atoms with E-state index in [2.05, 4.69) is 55.9 Å². The molecule has 3 unspecified atom stereocenters. The van der Waals surface area contributed by atoms with Gasteiger partial charge in [0, 0.05) is 43.6 Å². The zero-order valence-electron chi connectivity index (χ0n) is 13.6. The molecule has 1 aliphatic heterocycles. The third-order valence-corrected chi connectivity index (χ3v) is 4.64. The Kier molecular flexibility index (Phi) is 4.82. The van der Waals surface area contributed by atoms with Gasteiger partial charge in [-0.15, -0.1) is 0 Å². The summed E-state index contributed by atoms with van der Waals surface area (Å²) < 4.78 is 0. The average molecular weight is 275 g/mol. The second kappa shape index (κ2) is 6.23. The Morgan fingerprint density at radius 3 is 2.75 bits per heavy atom. The van der Waals surface area contributed by atoms with Gasteiger partial charge < -0.3 is 5.32 Å². The number of pyridine rings is 1. The quantitative estimate of drug-likeness (QED) is 0.918. The SMILES string of the molecule is CCC1CNC(C(C)(C)C)CN1C(C)c1cccnc1. The van der Waals surface area contributed by atoms with Crippen molar-refractivity contribution in [3.05, 3.63) is 30.1 Å². The lowest BCUT2D eigenvalue weighted by atomic mass is 9.84. The first-order chi connectivity index (χ1) is 9.43. The van der Waals surface area contributed by atoms with Crippen molar-refractivity contribution < 1.29 is 0 Å². The van der Waals surface area contributed by atoms with Crippen LogP contribution in [-0.4, -0.2) is 35.1 Å². The van der Waals surface area contributed by atoms with Crippen LogP contribution in [0.5, 0.6) is 0 Å². The van der Waals surface area contributed by atoms with Gasteiger partial charge in [-0.25, -0.2) is 0 Å². The van der Waals surface area contributed by atoms with Crippen molar-refractivity contribution in [1.82, 2.24) is 15.2 Å². The first-order valence-corrected chi connectivity index (χ1v) is 7.82. The van der Waals surface area contributed by atoms with Crippen LogP contribution >= 0.6 is 0 Å². The highest BCUT2D eigenvalue weighted by atomic mass is 15.3. The maximum atomic E-state index is 4.28. The molecule has 1 aliphatic rings. The summed E-state index contributed by atoms with van der Waals surface area (Å²) in [5.41, 5.74) is 1.62. The molecule has 112 valence electrons. The second-order valence-corrected chi connectivity index (χ2v) is 7.05. The summed E-state index contributed by atoms with van der Waals surface area (Å²) in [6, 6.07) is 5.82. The molecule has 0 aromatic carbocycles. The van der Waals surface area contributed by atoms with Crippen LogP contribution in [0.1, 0.15) is 52.6 Å². The van der Waals surface area contributed by atoms with Crippen molar-refractivity contribution in [3.8, 4) is 0 Å². The topological polar surface area (TPSA) is 28.2 Å². The third kappa shape index (κ3) is 3.39. The van der Waals surface area contributed by atoms with E-state index in [0.29, 0.717) is 23.5 Å². The van der Waals surface area contributed by atoms with Gasteiger partial charge in [0.15, 0.2) is 0 Å². The number of hydrogen-bond donors (Lipinski definition) is 1. The standard InChI is InChI=1S/C17H29N3/c1-6-15-11-19-16(17(3,4)5)12-20(15)13(2)14-8-7-9-18-10-14/h7-10,13,15-16,19H,6,11-12H2,1-5H3. The lowest BCUT2D eigenvalue weighted by molar-refractivity contribution is 0.0529. The van der Waals surface area contributed by atoms with Gasteiger partial charge in [0.05, 0.1) is 0 Å². The van der Waals surface area contributed by atoms with Crippen molar-refractivity contribution in [2.75, 3.05) is 13.1 Å². The molecular formula is C17H29N3. The number of hydrogen-bond acceptors (Lipinski definition) is 3. The van der Waals surface area contributed by atoms with Gasteiger partial charge in [0.1, 0.15) is 0 Å². The van der Waals surface area contributed by atoms with Crippen LogP contribution in [0.25, 0.3) is 0 Å². The molecule has 1 fully saturated rings. The van der Waals surface area contributed by atoms with Crippen molar-refractivity contribution >= 4 is 0 Å². The summed E-state index contributed by atoms with van der Waals surface area (Å²) in [7, 11) is 0. The fourth-order valence-electron chi connectivity index (χ4n) is 3.07. The van der Waals surface area contributed by atoms with Gasteiger partial charge in [0.25, 0.3) is 0 Å². The molecule has 20 heavy (non-hydrogen) atoms. The van der Waals surface area contributed by atoms with E-state index < -0.39 is 0 Å². The van der Waals surface area contributed by atoms with E-state index in [1.807, 2.05) is 18.5 Å². The van der Waals surface area contributed by atoms with E-state index in [1.54, 1.807) is 0 Å². The minimum Gasteiger partial charge on any atom is -0.311 e. The number of piperazine rings is 1. The monoisotopic (exact) mass is 275 g/mol. The zero-order chi connectivity index (χ0) is 14.8. The predicted octanol–water partition coefficient (Wildman–Crippen LogP) is 3.24. The van der Waals surface area contributed by atoms with E-state index in [9.17, 15) is 0 Å². The Morgan fingerprint density at radius 1 is 1.45 bits per heavy atom. The van der Waals surface area contributed by atoms with Crippen molar-refractivity contribution in [2.45, 2.75) is 59.2 Å². The Labute approximate surface area is 123 Å². The Hall–Kier alpha value is -0.930. The predicted molar refractivity (Wildman–Crippen MR) is 84.7 cm³/mol. The first kappa shape index (κ1) is 15.5. The van der Waals surface area contributed by atoms with Gasteiger partial charge >= 0.3 is 0 Å². The summed E-state index contributed by atoms with van der Waals surface area (Å²) in [5.74, 6) is 0. The fraction of sp³-hybridized carbons (Fsp3) is 0.706. The number of rotatable bonds is 3. The van der Waals surface area contributed by atoms with Gasteiger partial charge in [-0.05, 0) is 30.4 Å². The highest BCUT2D eigenvalue weighted by molar-refractivity contribution is 5.14. The highest BCUT2D eigenvalue weighted by Crippen LogP contribution is 2.30. The molecule has 3 heteroatoms. The summed E-state index contributed by atoms with van der Waals surface area (Å²) in [6.45, 7) is 13.8. The molecule has 0 bridgehead atoms. The molecule has 0 radical (unpaired) electrons. The molecule has 3 atom stereocenters. The van der Waals surface area contributed by atoms with Gasteiger partial charge in [0.2, 0.25) is 0 Å².